The van der Waals surface area contributed by atoms with Crippen LogP contribution >= 0.6 is 0 Å². The second-order valence-corrected chi connectivity index (χ2v) is 6.64. The number of aromatic nitrogens is 1. The van der Waals surface area contributed by atoms with Gasteiger partial charge in [0.05, 0.1) is 18.1 Å². The average Bonchev–Trinajstić information content (AvgIpc) is 2.66. The van der Waals surface area contributed by atoms with E-state index in [0.717, 1.165) is 12.8 Å². The average molecular weight is 342 g/mol. The highest BCUT2D eigenvalue weighted by atomic mass is 16.2. The number of amides is 2. The molecule has 1 saturated heterocycles. The van der Waals surface area contributed by atoms with E-state index in [1.54, 1.807) is 36.5 Å². The highest BCUT2D eigenvalue weighted by molar-refractivity contribution is 5.94. The third-order valence-corrected chi connectivity index (χ3v) is 5.03. The van der Waals surface area contributed by atoms with Gasteiger partial charge in [-0.25, -0.2) is 0 Å². The van der Waals surface area contributed by atoms with E-state index in [1.165, 1.54) is 0 Å². The fraction of sp³-hybridized carbons (Fsp3) is 0.579. The highest BCUT2D eigenvalue weighted by Crippen LogP contribution is 2.30. The zero-order valence-electron chi connectivity index (χ0n) is 15.0. The molecule has 0 spiro atoms. The van der Waals surface area contributed by atoms with Crippen LogP contribution in [0.1, 0.15) is 43.0 Å². The van der Waals surface area contributed by atoms with Crippen LogP contribution in [0.15, 0.2) is 24.5 Å². The Hall–Kier alpha value is -2.42. The molecule has 0 aromatic carbocycles. The quantitative estimate of drug-likeness (QED) is 0.795. The third kappa shape index (κ3) is 5.02. The largest absolute Gasteiger partial charge is 0.345 e. The monoisotopic (exact) mass is 342 g/mol. The van der Waals surface area contributed by atoms with Gasteiger partial charge in [-0.3, -0.25) is 14.6 Å². The zero-order chi connectivity index (χ0) is 18.2. The first-order chi connectivity index (χ1) is 12.1. The highest BCUT2D eigenvalue weighted by Gasteiger charge is 2.32. The topological polar surface area (TPSA) is 77.3 Å². The van der Waals surface area contributed by atoms with Crippen molar-refractivity contribution in [2.75, 3.05) is 26.7 Å². The van der Waals surface area contributed by atoms with Crippen LogP contribution in [0.3, 0.4) is 0 Å². The van der Waals surface area contributed by atoms with E-state index < -0.39 is 0 Å². The van der Waals surface area contributed by atoms with Gasteiger partial charge < -0.3 is 9.80 Å². The Labute approximate surface area is 149 Å². The maximum absolute atomic E-state index is 12.6. The molecule has 1 aliphatic rings. The van der Waals surface area contributed by atoms with Crippen LogP contribution in [0, 0.1) is 23.2 Å². The van der Waals surface area contributed by atoms with Crippen molar-refractivity contribution in [2.45, 2.75) is 32.6 Å². The molecule has 0 radical (unpaired) electrons. The molecule has 2 atom stereocenters. The van der Waals surface area contributed by atoms with Gasteiger partial charge in [0.25, 0.3) is 5.91 Å². The fourth-order valence-electron chi connectivity index (χ4n) is 3.39. The molecule has 2 unspecified atom stereocenters. The Morgan fingerprint density at radius 1 is 1.44 bits per heavy atom. The number of nitriles is 1. The van der Waals surface area contributed by atoms with Gasteiger partial charge in [0, 0.05) is 45.5 Å². The second kappa shape index (κ2) is 9.16. The summed E-state index contributed by atoms with van der Waals surface area (Å²) in [7, 11) is 1.75. The number of carbonyl (C=O) groups excluding carboxylic acids is 2. The lowest BCUT2D eigenvalue weighted by Crippen LogP contribution is -2.45. The SMILES string of the molecule is CCC1CN(C(=O)c2cccnc2)CCC1CC(=O)N(C)CCC#N. The number of rotatable bonds is 6. The number of hydrogen-bond donors (Lipinski definition) is 0. The number of nitrogens with zero attached hydrogens (tertiary/aromatic N) is 4. The molecule has 25 heavy (non-hydrogen) atoms. The van der Waals surface area contributed by atoms with E-state index in [1.807, 2.05) is 4.90 Å². The number of likely N-dealkylation sites (tertiary alicyclic amines) is 1. The summed E-state index contributed by atoms with van der Waals surface area (Å²) in [6.45, 7) is 3.94. The lowest BCUT2D eigenvalue weighted by atomic mass is 9.81. The molecule has 0 bridgehead atoms. The predicted molar refractivity (Wildman–Crippen MR) is 94.5 cm³/mol. The molecule has 6 nitrogen and oxygen atoms in total. The Kier molecular flexibility index (Phi) is 6.93. The van der Waals surface area contributed by atoms with Crippen LogP contribution in [-0.4, -0.2) is 53.3 Å². The van der Waals surface area contributed by atoms with E-state index >= 15 is 0 Å². The summed E-state index contributed by atoms with van der Waals surface area (Å²) in [5.74, 6) is 0.718. The Morgan fingerprint density at radius 2 is 2.24 bits per heavy atom. The van der Waals surface area contributed by atoms with E-state index in [4.69, 9.17) is 5.26 Å². The van der Waals surface area contributed by atoms with Gasteiger partial charge in [-0.2, -0.15) is 5.26 Å². The molecule has 2 heterocycles. The molecule has 1 aromatic rings. The van der Waals surface area contributed by atoms with Gasteiger partial charge >= 0.3 is 0 Å². The molecule has 1 aromatic heterocycles. The minimum absolute atomic E-state index is 0.0162. The van der Waals surface area contributed by atoms with Gasteiger partial charge in [0.2, 0.25) is 5.91 Å². The van der Waals surface area contributed by atoms with Crippen LogP contribution in [0.5, 0.6) is 0 Å². The van der Waals surface area contributed by atoms with Crippen LogP contribution in [0.25, 0.3) is 0 Å². The smallest absolute Gasteiger partial charge is 0.255 e. The van der Waals surface area contributed by atoms with Crippen molar-refractivity contribution in [1.82, 2.24) is 14.8 Å². The summed E-state index contributed by atoms with van der Waals surface area (Å²) in [4.78, 5) is 32.5. The van der Waals surface area contributed by atoms with Gasteiger partial charge in [0.1, 0.15) is 0 Å². The maximum Gasteiger partial charge on any atom is 0.255 e. The summed E-state index contributed by atoms with van der Waals surface area (Å²) in [6.07, 6.45) is 5.89. The second-order valence-electron chi connectivity index (χ2n) is 6.64. The van der Waals surface area contributed by atoms with Crippen molar-refractivity contribution in [2.24, 2.45) is 11.8 Å². The normalized spacial score (nSPS) is 20.0. The number of hydrogen-bond acceptors (Lipinski definition) is 4. The molecule has 1 fully saturated rings. The van der Waals surface area contributed by atoms with E-state index in [9.17, 15) is 9.59 Å². The lowest BCUT2D eigenvalue weighted by Gasteiger charge is -2.38. The molecule has 2 amide bonds. The van der Waals surface area contributed by atoms with Crippen molar-refractivity contribution < 1.29 is 9.59 Å². The molecular weight excluding hydrogens is 316 g/mol. The molecular formula is C19H26N4O2. The number of pyridine rings is 1. The molecule has 134 valence electrons. The minimum atomic E-state index is 0.0162. The van der Waals surface area contributed by atoms with Gasteiger partial charge in [-0.15, -0.1) is 0 Å². The first-order valence-electron chi connectivity index (χ1n) is 8.87. The predicted octanol–water partition coefficient (Wildman–Crippen LogP) is 2.33. The Balaban J connectivity index is 1.94. The molecule has 0 aliphatic carbocycles. The van der Waals surface area contributed by atoms with Crippen molar-refractivity contribution >= 4 is 11.8 Å². The van der Waals surface area contributed by atoms with Crippen LogP contribution in [-0.2, 0) is 4.79 Å². The summed E-state index contributed by atoms with van der Waals surface area (Å²) >= 11 is 0. The molecule has 0 saturated carbocycles. The molecule has 2 rings (SSSR count). The summed E-state index contributed by atoms with van der Waals surface area (Å²) in [5.41, 5.74) is 0.614. The number of carbonyl (C=O) groups is 2. The Morgan fingerprint density at radius 3 is 2.88 bits per heavy atom. The summed E-state index contributed by atoms with van der Waals surface area (Å²) in [5, 5.41) is 8.64. The van der Waals surface area contributed by atoms with Crippen LogP contribution < -0.4 is 0 Å². The van der Waals surface area contributed by atoms with Crippen molar-refractivity contribution in [3.8, 4) is 6.07 Å². The molecule has 0 N–H and O–H groups in total. The zero-order valence-corrected chi connectivity index (χ0v) is 15.0. The van der Waals surface area contributed by atoms with Crippen molar-refractivity contribution in [3.63, 3.8) is 0 Å². The standard InChI is InChI=1S/C19H26N4O2/c1-3-15-14-23(19(25)17-6-4-9-21-13-17)11-7-16(15)12-18(24)22(2)10-5-8-20/h4,6,9,13,15-16H,3,5,7,10-12,14H2,1-2H3. The molecule has 1 aliphatic heterocycles. The van der Waals surface area contributed by atoms with Gasteiger partial charge in [0.15, 0.2) is 0 Å². The third-order valence-electron chi connectivity index (χ3n) is 5.03. The first-order valence-corrected chi connectivity index (χ1v) is 8.87. The van der Waals surface area contributed by atoms with Crippen LogP contribution in [0.4, 0.5) is 0 Å². The molecule has 6 heteroatoms. The Bertz CT molecular complexity index is 626. The van der Waals surface area contributed by atoms with E-state index in [0.29, 0.717) is 49.9 Å². The van der Waals surface area contributed by atoms with E-state index in [-0.39, 0.29) is 11.8 Å². The first kappa shape index (κ1) is 18.9. The fourth-order valence-corrected chi connectivity index (χ4v) is 3.39. The van der Waals surface area contributed by atoms with Crippen molar-refractivity contribution in [3.05, 3.63) is 30.1 Å². The minimum Gasteiger partial charge on any atom is -0.345 e. The summed E-state index contributed by atoms with van der Waals surface area (Å²) in [6, 6.07) is 5.63. The van der Waals surface area contributed by atoms with Gasteiger partial charge in [-0.1, -0.05) is 13.3 Å². The number of piperidine rings is 1. The van der Waals surface area contributed by atoms with Gasteiger partial charge in [-0.05, 0) is 30.4 Å². The van der Waals surface area contributed by atoms with Crippen molar-refractivity contribution in [1.29, 1.82) is 5.26 Å². The maximum atomic E-state index is 12.6. The lowest BCUT2D eigenvalue weighted by molar-refractivity contribution is -0.131. The summed E-state index contributed by atoms with van der Waals surface area (Å²) < 4.78 is 0. The van der Waals surface area contributed by atoms with E-state index in [2.05, 4.69) is 18.0 Å². The van der Waals surface area contributed by atoms with Crippen LogP contribution in [0.2, 0.25) is 0 Å².